The van der Waals surface area contributed by atoms with Gasteiger partial charge in [0.2, 0.25) is 0 Å². The Morgan fingerprint density at radius 1 is 1.39 bits per heavy atom. The Balaban J connectivity index is 1.75. The molecule has 0 bridgehead atoms. The van der Waals surface area contributed by atoms with Crippen LogP contribution in [0.25, 0.3) is 0 Å². The fourth-order valence-corrected chi connectivity index (χ4v) is 3.17. The molecule has 7 heteroatoms. The summed E-state index contributed by atoms with van der Waals surface area (Å²) in [7, 11) is 1.55. The van der Waals surface area contributed by atoms with Gasteiger partial charge < -0.3 is 14.2 Å². The number of ether oxygens (including phenoxy) is 1. The summed E-state index contributed by atoms with van der Waals surface area (Å²) >= 11 is 3.49. The molecule has 0 saturated heterocycles. The number of nitrogens with zero attached hydrogens (tertiary/aromatic N) is 4. The summed E-state index contributed by atoms with van der Waals surface area (Å²) in [5.41, 5.74) is 1.18. The van der Waals surface area contributed by atoms with E-state index in [0.29, 0.717) is 19.6 Å². The maximum Gasteiger partial charge on any atom is 0.251 e. The lowest BCUT2D eigenvalue weighted by atomic mass is 10.1. The summed E-state index contributed by atoms with van der Waals surface area (Å²) in [5, 5.41) is 8.57. The van der Waals surface area contributed by atoms with Gasteiger partial charge in [0.25, 0.3) is 5.91 Å². The quantitative estimate of drug-likeness (QED) is 0.816. The number of rotatable bonds is 4. The second-order valence-corrected chi connectivity index (χ2v) is 6.54. The van der Waals surface area contributed by atoms with Gasteiger partial charge in [-0.25, -0.2) is 0 Å². The molecule has 0 N–H and O–H groups in total. The first-order chi connectivity index (χ1) is 11.1. The third kappa shape index (κ3) is 3.45. The standard InChI is InChI=1S/C16H19BrN4O2/c1-11(23-2)16(22)20-6-7-21-14(18-19-15(21)10-20)9-12-4-3-5-13(17)8-12/h3-5,8,11H,6-7,9-10H2,1-2H3. The molecule has 1 unspecified atom stereocenters. The van der Waals surface area contributed by atoms with Gasteiger partial charge in [0.05, 0.1) is 6.54 Å². The molecule has 0 spiro atoms. The highest BCUT2D eigenvalue weighted by Gasteiger charge is 2.27. The molecule has 1 aliphatic heterocycles. The number of fused-ring (bicyclic) bond motifs is 1. The number of methoxy groups -OCH3 is 1. The van der Waals surface area contributed by atoms with Crippen molar-refractivity contribution in [3.05, 3.63) is 46.0 Å². The summed E-state index contributed by atoms with van der Waals surface area (Å²) in [6.07, 6.45) is 0.306. The number of benzene rings is 1. The van der Waals surface area contributed by atoms with Crippen molar-refractivity contribution in [3.63, 3.8) is 0 Å². The summed E-state index contributed by atoms with van der Waals surface area (Å²) in [6, 6.07) is 8.18. The molecule has 2 aromatic rings. The second kappa shape index (κ2) is 6.80. The van der Waals surface area contributed by atoms with Crippen LogP contribution < -0.4 is 0 Å². The largest absolute Gasteiger partial charge is 0.372 e. The molecule has 6 nitrogen and oxygen atoms in total. The molecule has 0 aliphatic carbocycles. The van der Waals surface area contributed by atoms with E-state index in [1.807, 2.05) is 12.1 Å². The zero-order valence-corrected chi connectivity index (χ0v) is 14.8. The molecular formula is C16H19BrN4O2. The molecule has 1 amide bonds. The first kappa shape index (κ1) is 16.1. The van der Waals surface area contributed by atoms with Crippen molar-refractivity contribution in [2.45, 2.75) is 32.5 Å². The van der Waals surface area contributed by atoms with Gasteiger partial charge in [-0.2, -0.15) is 0 Å². The number of amides is 1. The van der Waals surface area contributed by atoms with Crippen LogP contribution in [0.5, 0.6) is 0 Å². The Morgan fingerprint density at radius 2 is 2.22 bits per heavy atom. The number of hydrogen-bond acceptors (Lipinski definition) is 4. The first-order valence-electron chi connectivity index (χ1n) is 7.55. The lowest BCUT2D eigenvalue weighted by Crippen LogP contribution is -2.43. The topological polar surface area (TPSA) is 60.2 Å². The van der Waals surface area contributed by atoms with Crippen molar-refractivity contribution in [1.29, 1.82) is 0 Å². The number of carbonyl (C=O) groups is 1. The molecule has 1 aromatic heterocycles. The van der Waals surface area contributed by atoms with Crippen molar-refractivity contribution in [3.8, 4) is 0 Å². The average molecular weight is 379 g/mol. The maximum atomic E-state index is 12.2. The third-order valence-electron chi connectivity index (χ3n) is 4.09. The van der Waals surface area contributed by atoms with Crippen LogP contribution in [-0.2, 0) is 29.0 Å². The highest BCUT2D eigenvalue weighted by molar-refractivity contribution is 9.10. The maximum absolute atomic E-state index is 12.2. The van der Waals surface area contributed by atoms with E-state index in [1.165, 1.54) is 5.56 Å². The van der Waals surface area contributed by atoms with Gasteiger partial charge in [0, 0.05) is 31.1 Å². The predicted octanol–water partition coefficient (Wildman–Crippen LogP) is 2.01. The number of aromatic nitrogens is 3. The van der Waals surface area contributed by atoms with Crippen molar-refractivity contribution >= 4 is 21.8 Å². The number of halogens is 1. The first-order valence-corrected chi connectivity index (χ1v) is 8.34. The molecule has 3 rings (SSSR count). The minimum Gasteiger partial charge on any atom is -0.372 e. The molecule has 0 fully saturated rings. The summed E-state index contributed by atoms with van der Waals surface area (Å²) in [5.74, 6) is 1.76. The van der Waals surface area contributed by atoms with Crippen molar-refractivity contribution < 1.29 is 9.53 Å². The highest BCUT2D eigenvalue weighted by Crippen LogP contribution is 2.18. The predicted molar refractivity (Wildman–Crippen MR) is 88.9 cm³/mol. The van der Waals surface area contributed by atoms with Gasteiger partial charge in [-0.15, -0.1) is 10.2 Å². The number of hydrogen-bond donors (Lipinski definition) is 0. The molecule has 1 aliphatic rings. The molecule has 23 heavy (non-hydrogen) atoms. The van der Waals surface area contributed by atoms with E-state index in [1.54, 1.807) is 18.9 Å². The van der Waals surface area contributed by atoms with Gasteiger partial charge >= 0.3 is 0 Å². The SMILES string of the molecule is COC(C)C(=O)N1CCn2c(Cc3cccc(Br)c3)nnc2C1. The van der Waals surface area contributed by atoms with Crippen LogP contribution in [0.3, 0.4) is 0 Å². The minimum atomic E-state index is -0.425. The molecule has 0 saturated carbocycles. The lowest BCUT2D eigenvalue weighted by molar-refractivity contribution is -0.142. The smallest absolute Gasteiger partial charge is 0.251 e. The highest BCUT2D eigenvalue weighted by atomic mass is 79.9. The van der Waals surface area contributed by atoms with Gasteiger partial charge in [-0.3, -0.25) is 4.79 Å². The minimum absolute atomic E-state index is 0.00436. The Morgan fingerprint density at radius 3 is 2.96 bits per heavy atom. The van der Waals surface area contributed by atoms with Crippen molar-refractivity contribution in [2.24, 2.45) is 0 Å². The Hall–Kier alpha value is -1.73. The van der Waals surface area contributed by atoms with Crippen LogP contribution in [0.15, 0.2) is 28.7 Å². The molecule has 122 valence electrons. The lowest BCUT2D eigenvalue weighted by Gasteiger charge is -2.29. The van der Waals surface area contributed by atoms with Crippen LogP contribution in [0.1, 0.15) is 24.1 Å². The normalized spacial score (nSPS) is 15.3. The van der Waals surface area contributed by atoms with Crippen LogP contribution in [-0.4, -0.2) is 45.3 Å². The zero-order chi connectivity index (χ0) is 16.4. The molecule has 2 heterocycles. The fraction of sp³-hybridized carbons (Fsp3) is 0.438. The third-order valence-corrected chi connectivity index (χ3v) is 4.59. The van der Waals surface area contributed by atoms with E-state index in [0.717, 1.165) is 22.5 Å². The van der Waals surface area contributed by atoms with E-state index in [2.05, 4.69) is 42.8 Å². The van der Waals surface area contributed by atoms with Crippen molar-refractivity contribution in [1.82, 2.24) is 19.7 Å². The van der Waals surface area contributed by atoms with Crippen LogP contribution >= 0.6 is 15.9 Å². The molecule has 1 atom stereocenters. The molecular weight excluding hydrogens is 360 g/mol. The Bertz CT molecular complexity index is 716. The second-order valence-electron chi connectivity index (χ2n) is 5.63. The van der Waals surface area contributed by atoms with E-state index in [-0.39, 0.29) is 5.91 Å². The van der Waals surface area contributed by atoms with E-state index < -0.39 is 6.10 Å². The number of carbonyl (C=O) groups excluding carboxylic acids is 1. The van der Waals surface area contributed by atoms with Gasteiger partial charge in [-0.1, -0.05) is 28.1 Å². The zero-order valence-electron chi connectivity index (χ0n) is 13.2. The van der Waals surface area contributed by atoms with Gasteiger partial charge in [0.15, 0.2) is 5.82 Å². The molecule has 0 radical (unpaired) electrons. The summed E-state index contributed by atoms with van der Waals surface area (Å²) in [4.78, 5) is 14.0. The van der Waals surface area contributed by atoms with Gasteiger partial charge in [0.1, 0.15) is 11.9 Å². The van der Waals surface area contributed by atoms with Crippen LogP contribution in [0.4, 0.5) is 0 Å². The average Bonchev–Trinajstić information content (AvgIpc) is 2.95. The van der Waals surface area contributed by atoms with E-state index in [4.69, 9.17) is 4.74 Å². The van der Waals surface area contributed by atoms with Crippen LogP contribution in [0, 0.1) is 0 Å². The molecule has 1 aromatic carbocycles. The van der Waals surface area contributed by atoms with E-state index in [9.17, 15) is 4.79 Å². The summed E-state index contributed by atoms with van der Waals surface area (Å²) < 4.78 is 8.28. The summed E-state index contributed by atoms with van der Waals surface area (Å²) in [6.45, 7) is 3.62. The van der Waals surface area contributed by atoms with Gasteiger partial charge in [-0.05, 0) is 24.6 Å². The van der Waals surface area contributed by atoms with Crippen LogP contribution in [0.2, 0.25) is 0 Å². The fourth-order valence-electron chi connectivity index (χ4n) is 2.72. The van der Waals surface area contributed by atoms with Crippen molar-refractivity contribution in [2.75, 3.05) is 13.7 Å². The Kier molecular flexibility index (Phi) is 4.77. The van der Waals surface area contributed by atoms with E-state index >= 15 is 0 Å². The Labute approximate surface area is 143 Å². The monoisotopic (exact) mass is 378 g/mol.